The van der Waals surface area contributed by atoms with Crippen LogP contribution >= 0.6 is 0 Å². The Kier molecular flexibility index (Phi) is 3.04. The fourth-order valence-electron chi connectivity index (χ4n) is 1.97. The van der Waals surface area contributed by atoms with Crippen molar-refractivity contribution < 1.29 is 9.59 Å². The molecule has 1 aromatic rings. The predicted octanol–water partition coefficient (Wildman–Crippen LogP) is 0.652. The topological polar surface area (TPSA) is 88.3 Å². The molecule has 6 nitrogen and oxygen atoms in total. The molecule has 2 amide bonds. The Morgan fingerprint density at radius 2 is 2.17 bits per heavy atom. The van der Waals surface area contributed by atoms with Crippen LogP contribution in [0.4, 0.5) is 5.82 Å². The number of pyridine rings is 1. The summed E-state index contributed by atoms with van der Waals surface area (Å²) in [6.45, 7) is 3.83. The maximum Gasteiger partial charge on any atom is 0.235 e. The van der Waals surface area contributed by atoms with Crippen LogP contribution in [0.5, 0.6) is 0 Å². The summed E-state index contributed by atoms with van der Waals surface area (Å²) in [7, 11) is 0. The van der Waals surface area contributed by atoms with Crippen molar-refractivity contribution in [3.63, 3.8) is 0 Å². The van der Waals surface area contributed by atoms with Crippen LogP contribution in [0.25, 0.3) is 0 Å². The average Bonchev–Trinajstić information content (AvgIpc) is 2.52. The maximum atomic E-state index is 12.0. The molecule has 1 fully saturated rings. The van der Waals surface area contributed by atoms with Crippen molar-refractivity contribution in [2.75, 3.05) is 5.43 Å². The molecule has 6 heteroatoms. The zero-order chi connectivity index (χ0) is 13.3. The number of likely N-dealkylation sites (tertiary alicyclic amines) is 1. The van der Waals surface area contributed by atoms with Gasteiger partial charge in [-0.05, 0) is 11.6 Å². The molecule has 0 radical (unpaired) electrons. The maximum absolute atomic E-state index is 12.0. The highest BCUT2D eigenvalue weighted by atomic mass is 16.2. The number of hydrazine groups is 1. The summed E-state index contributed by atoms with van der Waals surface area (Å²) in [5, 5.41) is 0. The van der Waals surface area contributed by atoms with Gasteiger partial charge in [-0.15, -0.1) is 0 Å². The van der Waals surface area contributed by atoms with E-state index in [2.05, 4.69) is 10.4 Å². The van der Waals surface area contributed by atoms with E-state index in [1.807, 2.05) is 0 Å². The third-order valence-electron chi connectivity index (χ3n) is 3.03. The van der Waals surface area contributed by atoms with Gasteiger partial charge in [0.25, 0.3) is 0 Å². The second-order valence-electron chi connectivity index (χ2n) is 5.04. The van der Waals surface area contributed by atoms with Crippen molar-refractivity contribution in [3.05, 3.63) is 23.9 Å². The highest BCUT2D eigenvalue weighted by molar-refractivity contribution is 6.05. The molecule has 3 N–H and O–H groups in total. The lowest BCUT2D eigenvalue weighted by Crippen LogP contribution is -2.32. The molecular formula is C12H16N4O2. The first kappa shape index (κ1) is 12.5. The third-order valence-corrected chi connectivity index (χ3v) is 3.03. The van der Waals surface area contributed by atoms with Crippen LogP contribution in [0.1, 0.15) is 25.8 Å². The van der Waals surface area contributed by atoms with E-state index in [1.165, 1.54) is 4.90 Å². The molecule has 1 aliphatic heterocycles. The van der Waals surface area contributed by atoms with E-state index < -0.39 is 5.41 Å². The van der Waals surface area contributed by atoms with Crippen molar-refractivity contribution in [1.82, 2.24) is 9.88 Å². The summed E-state index contributed by atoms with van der Waals surface area (Å²) in [6, 6.07) is 3.49. The van der Waals surface area contributed by atoms with Gasteiger partial charge in [0, 0.05) is 12.6 Å². The Labute approximate surface area is 105 Å². The number of hydrogen-bond donors (Lipinski definition) is 2. The second kappa shape index (κ2) is 4.38. The first-order valence-corrected chi connectivity index (χ1v) is 5.70. The number of imide groups is 1. The number of nitrogens with zero attached hydrogens (tertiary/aromatic N) is 2. The highest BCUT2D eigenvalue weighted by Gasteiger charge is 2.44. The van der Waals surface area contributed by atoms with Crippen molar-refractivity contribution in [2.45, 2.75) is 26.8 Å². The van der Waals surface area contributed by atoms with Crippen LogP contribution in [0.3, 0.4) is 0 Å². The molecule has 0 atom stereocenters. The lowest BCUT2D eigenvalue weighted by molar-refractivity contribution is -0.141. The number of rotatable bonds is 3. The minimum Gasteiger partial charge on any atom is -0.308 e. The van der Waals surface area contributed by atoms with Gasteiger partial charge in [0.15, 0.2) is 0 Å². The van der Waals surface area contributed by atoms with E-state index in [0.29, 0.717) is 5.82 Å². The van der Waals surface area contributed by atoms with E-state index in [-0.39, 0.29) is 24.8 Å². The van der Waals surface area contributed by atoms with Gasteiger partial charge in [-0.25, -0.2) is 10.8 Å². The molecule has 96 valence electrons. The molecule has 2 heterocycles. The number of hydrogen-bond acceptors (Lipinski definition) is 5. The van der Waals surface area contributed by atoms with E-state index in [0.717, 1.165) is 5.56 Å². The Hall–Kier alpha value is -1.95. The number of carbonyl (C=O) groups excluding carboxylic acids is 2. The summed E-state index contributed by atoms with van der Waals surface area (Å²) in [6.07, 6.45) is 1.86. The van der Waals surface area contributed by atoms with Crippen molar-refractivity contribution >= 4 is 17.6 Å². The largest absolute Gasteiger partial charge is 0.308 e. The van der Waals surface area contributed by atoms with Crippen LogP contribution in [-0.4, -0.2) is 21.7 Å². The van der Waals surface area contributed by atoms with Crippen LogP contribution in [0, 0.1) is 5.41 Å². The normalized spacial score (nSPS) is 18.3. The summed E-state index contributed by atoms with van der Waals surface area (Å²) in [4.78, 5) is 29.1. The number of nitrogens with two attached hydrogens (primary N) is 1. The summed E-state index contributed by atoms with van der Waals surface area (Å²) in [5.74, 6) is 5.49. The Bertz CT molecular complexity index is 481. The van der Waals surface area contributed by atoms with Gasteiger partial charge >= 0.3 is 0 Å². The monoisotopic (exact) mass is 248 g/mol. The van der Waals surface area contributed by atoms with Gasteiger partial charge in [0.2, 0.25) is 11.8 Å². The molecule has 0 bridgehead atoms. The van der Waals surface area contributed by atoms with Crippen molar-refractivity contribution in [3.8, 4) is 0 Å². The van der Waals surface area contributed by atoms with Crippen LogP contribution in [0.2, 0.25) is 0 Å². The fraction of sp³-hybridized carbons (Fsp3) is 0.417. The highest BCUT2D eigenvalue weighted by Crippen LogP contribution is 2.32. The van der Waals surface area contributed by atoms with Gasteiger partial charge in [-0.3, -0.25) is 14.5 Å². The molecule has 1 aliphatic rings. The first-order valence-electron chi connectivity index (χ1n) is 5.70. The van der Waals surface area contributed by atoms with Gasteiger partial charge in [-0.1, -0.05) is 19.9 Å². The second-order valence-corrected chi connectivity index (χ2v) is 5.04. The zero-order valence-corrected chi connectivity index (χ0v) is 10.4. The molecule has 18 heavy (non-hydrogen) atoms. The molecule has 0 saturated carbocycles. The van der Waals surface area contributed by atoms with Crippen molar-refractivity contribution in [1.29, 1.82) is 0 Å². The number of nitrogens with one attached hydrogen (secondary N) is 1. The molecule has 1 saturated heterocycles. The Morgan fingerprint density at radius 1 is 1.44 bits per heavy atom. The lowest BCUT2D eigenvalue weighted by Gasteiger charge is -2.17. The summed E-state index contributed by atoms with van der Waals surface area (Å²) < 4.78 is 0. The lowest BCUT2D eigenvalue weighted by atomic mass is 9.92. The van der Waals surface area contributed by atoms with E-state index in [9.17, 15) is 9.59 Å². The van der Waals surface area contributed by atoms with Gasteiger partial charge < -0.3 is 5.43 Å². The van der Waals surface area contributed by atoms with Gasteiger partial charge in [0.05, 0.1) is 12.0 Å². The summed E-state index contributed by atoms with van der Waals surface area (Å²) in [5.41, 5.74) is 2.63. The van der Waals surface area contributed by atoms with Crippen molar-refractivity contribution in [2.24, 2.45) is 11.3 Å². The molecule has 0 aromatic carbocycles. The van der Waals surface area contributed by atoms with Crippen LogP contribution in [-0.2, 0) is 16.1 Å². The summed E-state index contributed by atoms with van der Waals surface area (Å²) >= 11 is 0. The van der Waals surface area contributed by atoms with E-state index in [4.69, 9.17) is 5.84 Å². The standard InChI is InChI=1S/C12H16N4O2/c1-12(2)5-10(17)16(11(12)18)7-8-3-4-9(15-13)14-6-8/h3-4,6H,5,7,13H2,1-2H3,(H,14,15). The molecule has 1 aromatic heterocycles. The third kappa shape index (κ3) is 2.19. The smallest absolute Gasteiger partial charge is 0.235 e. The number of nitrogen functional groups attached to an aromatic ring is 1. The minimum atomic E-state index is -0.594. The molecule has 0 aliphatic carbocycles. The van der Waals surface area contributed by atoms with E-state index in [1.54, 1.807) is 32.2 Å². The molecule has 0 spiro atoms. The fourth-order valence-corrected chi connectivity index (χ4v) is 1.97. The average molecular weight is 248 g/mol. The minimum absolute atomic E-state index is 0.131. The Balaban J connectivity index is 2.14. The number of amides is 2. The number of carbonyl (C=O) groups is 2. The molecular weight excluding hydrogens is 232 g/mol. The first-order chi connectivity index (χ1) is 8.44. The zero-order valence-electron chi connectivity index (χ0n) is 10.4. The number of anilines is 1. The quantitative estimate of drug-likeness (QED) is 0.466. The SMILES string of the molecule is CC1(C)CC(=O)N(Cc2ccc(NN)nc2)C1=O. The van der Waals surface area contributed by atoms with Gasteiger partial charge in [0.1, 0.15) is 5.82 Å². The number of aromatic nitrogens is 1. The Morgan fingerprint density at radius 3 is 2.61 bits per heavy atom. The predicted molar refractivity (Wildman–Crippen MR) is 66.0 cm³/mol. The van der Waals surface area contributed by atoms with Gasteiger partial charge in [-0.2, -0.15) is 0 Å². The van der Waals surface area contributed by atoms with E-state index >= 15 is 0 Å². The molecule has 0 unspecified atom stereocenters. The van der Waals surface area contributed by atoms with Crippen LogP contribution < -0.4 is 11.3 Å². The molecule has 2 rings (SSSR count). The van der Waals surface area contributed by atoms with Crippen LogP contribution in [0.15, 0.2) is 18.3 Å².